The number of carbonyl (C=O) groups is 1. The highest BCUT2D eigenvalue weighted by atomic mass is 79.9. The number of carboxylic acid groups (broad SMARTS) is 1. The summed E-state index contributed by atoms with van der Waals surface area (Å²) in [5, 5.41) is 11.9. The number of nitrogens with one attached hydrogen (secondary N) is 1. The summed E-state index contributed by atoms with van der Waals surface area (Å²) >= 11 is 10.2. The summed E-state index contributed by atoms with van der Waals surface area (Å²) in [7, 11) is 0. The molecule has 1 rings (SSSR count). The number of hydrogen-bond acceptors (Lipinski definition) is 2. The Morgan fingerprint density at radius 2 is 1.88 bits per heavy atom. The Balaban J connectivity index is 2.78. The van der Waals surface area contributed by atoms with Gasteiger partial charge in [0.05, 0.1) is 11.6 Å². The van der Waals surface area contributed by atoms with E-state index in [9.17, 15) is 4.79 Å². The fourth-order valence-corrected chi connectivity index (χ4v) is 3.59. The van der Waals surface area contributed by atoms with Crippen LogP contribution in [0.1, 0.15) is 6.92 Å². The van der Waals surface area contributed by atoms with E-state index in [1.165, 1.54) is 0 Å². The Morgan fingerprint density at radius 1 is 1.38 bits per heavy atom. The van der Waals surface area contributed by atoms with Crippen LogP contribution in [-0.2, 0) is 4.79 Å². The second-order valence-corrected chi connectivity index (χ2v) is 5.99. The molecule has 3 nitrogen and oxygen atoms in total. The minimum Gasteiger partial charge on any atom is -0.481 e. The molecule has 2 N–H and O–H groups in total. The number of hydrogen-bond donors (Lipinski definition) is 2. The van der Waals surface area contributed by atoms with Crippen molar-refractivity contribution in [3.63, 3.8) is 0 Å². The molecule has 0 spiro atoms. The van der Waals surface area contributed by atoms with Crippen molar-refractivity contribution in [2.75, 3.05) is 11.9 Å². The molecular formula is C10H10Br3NO2. The van der Waals surface area contributed by atoms with E-state index >= 15 is 0 Å². The average Bonchev–Trinajstić information content (AvgIpc) is 2.15. The van der Waals surface area contributed by atoms with Crippen molar-refractivity contribution in [3.8, 4) is 0 Å². The minimum absolute atomic E-state index is 0.383. The normalized spacial score (nSPS) is 12.2. The van der Waals surface area contributed by atoms with Crippen LogP contribution in [0.4, 0.5) is 5.69 Å². The smallest absolute Gasteiger partial charge is 0.308 e. The van der Waals surface area contributed by atoms with E-state index in [4.69, 9.17) is 5.11 Å². The molecule has 88 valence electrons. The predicted molar refractivity (Wildman–Crippen MR) is 74.8 cm³/mol. The summed E-state index contributed by atoms with van der Waals surface area (Å²) in [5.74, 6) is -1.24. The molecule has 0 saturated carbocycles. The molecule has 6 heteroatoms. The van der Waals surface area contributed by atoms with Crippen molar-refractivity contribution in [3.05, 3.63) is 25.6 Å². The van der Waals surface area contributed by atoms with Crippen LogP contribution in [0.2, 0.25) is 0 Å². The molecule has 0 bridgehead atoms. The molecule has 1 unspecified atom stereocenters. The maximum Gasteiger partial charge on any atom is 0.308 e. The van der Waals surface area contributed by atoms with Gasteiger partial charge >= 0.3 is 5.97 Å². The van der Waals surface area contributed by atoms with Crippen molar-refractivity contribution in [1.82, 2.24) is 0 Å². The van der Waals surface area contributed by atoms with E-state index in [0.29, 0.717) is 6.54 Å². The fourth-order valence-electron chi connectivity index (χ4n) is 1.05. The number of aliphatic carboxylic acids is 1. The minimum atomic E-state index is -0.808. The predicted octanol–water partition coefficient (Wildman–Crippen LogP) is 4.11. The highest BCUT2D eigenvalue weighted by Crippen LogP contribution is 2.34. The molecule has 0 heterocycles. The lowest BCUT2D eigenvalue weighted by atomic mass is 10.2. The van der Waals surface area contributed by atoms with E-state index in [1.54, 1.807) is 6.92 Å². The molecule has 1 atom stereocenters. The lowest BCUT2D eigenvalue weighted by Gasteiger charge is -2.13. The molecule has 0 fully saturated rings. The first kappa shape index (κ1) is 14.0. The number of halogens is 3. The monoisotopic (exact) mass is 413 g/mol. The lowest BCUT2D eigenvalue weighted by molar-refractivity contribution is -0.140. The van der Waals surface area contributed by atoms with Gasteiger partial charge in [0.15, 0.2) is 0 Å². The van der Waals surface area contributed by atoms with Gasteiger partial charge in [-0.25, -0.2) is 0 Å². The third-order valence-electron chi connectivity index (χ3n) is 2.01. The van der Waals surface area contributed by atoms with Gasteiger partial charge in [0.2, 0.25) is 0 Å². The molecule has 0 amide bonds. The zero-order chi connectivity index (χ0) is 12.3. The third-order valence-corrected chi connectivity index (χ3v) is 3.72. The molecule has 0 aliphatic heterocycles. The van der Waals surface area contributed by atoms with Crippen LogP contribution < -0.4 is 5.32 Å². The first-order chi connectivity index (χ1) is 7.41. The summed E-state index contributed by atoms with van der Waals surface area (Å²) in [4.78, 5) is 10.7. The first-order valence-corrected chi connectivity index (χ1v) is 6.91. The van der Waals surface area contributed by atoms with Gasteiger partial charge < -0.3 is 10.4 Å². The van der Waals surface area contributed by atoms with E-state index in [0.717, 1.165) is 19.1 Å². The maximum absolute atomic E-state index is 10.7. The van der Waals surface area contributed by atoms with Crippen molar-refractivity contribution >= 4 is 59.4 Å². The first-order valence-electron chi connectivity index (χ1n) is 4.53. The number of carboxylic acids is 1. The highest BCUT2D eigenvalue weighted by Gasteiger charge is 2.12. The van der Waals surface area contributed by atoms with Crippen LogP contribution in [0, 0.1) is 5.92 Å². The molecule has 1 aromatic carbocycles. The van der Waals surface area contributed by atoms with Crippen LogP contribution in [0.5, 0.6) is 0 Å². The van der Waals surface area contributed by atoms with Crippen LogP contribution in [0.25, 0.3) is 0 Å². The molecule has 16 heavy (non-hydrogen) atoms. The Morgan fingerprint density at radius 3 is 2.31 bits per heavy atom. The summed E-state index contributed by atoms with van der Waals surface area (Å²) in [5.41, 5.74) is 0.858. The quantitative estimate of drug-likeness (QED) is 0.778. The van der Waals surface area contributed by atoms with E-state index in [2.05, 4.69) is 53.1 Å². The summed E-state index contributed by atoms with van der Waals surface area (Å²) < 4.78 is 2.71. The fraction of sp³-hybridized carbons (Fsp3) is 0.300. The summed E-state index contributed by atoms with van der Waals surface area (Å²) in [6, 6.07) is 3.80. The zero-order valence-electron chi connectivity index (χ0n) is 8.43. The van der Waals surface area contributed by atoms with Gasteiger partial charge in [0.1, 0.15) is 0 Å². The summed E-state index contributed by atoms with van der Waals surface area (Å²) in [6.45, 7) is 2.05. The van der Waals surface area contributed by atoms with Crippen molar-refractivity contribution in [2.45, 2.75) is 6.92 Å². The van der Waals surface area contributed by atoms with Gasteiger partial charge in [-0.1, -0.05) is 22.9 Å². The van der Waals surface area contributed by atoms with Gasteiger partial charge in [-0.3, -0.25) is 4.79 Å². The van der Waals surface area contributed by atoms with Gasteiger partial charge in [-0.15, -0.1) is 0 Å². The van der Waals surface area contributed by atoms with E-state index in [1.807, 2.05) is 12.1 Å². The zero-order valence-corrected chi connectivity index (χ0v) is 13.2. The number of benzene rings is 1. The third kappa shape index (κ3) is 3.75. The van der Waals surface area contributed by atoms with Gasteiger partial charge in [-0.05, 0) is 44.0 Å². The van der Waals surface area contributed by atoms with E-state index in [-0.39, 0.29) is 0 Å². The lowest BCUT2D eigenvalue weighted by Crippen LogP contribution is -2.19. The SMILES string of the molecule is CC(CNc1c(Br)cc(Br)cc1Br)C(=O)O. The average molecular weight is 416 g/mol. The second kappa shape index (κ2) is 6.02. The van der Waals surface area contributed by atoms with Crippen molar-refractivity contribution < 1.29 is 9.90 Å². The number of anilines is 1. The van der Waals surface area contributed by atoms with Gasteiger partial charge in [0.25, 0.3) is 0 Å². The number of rotatable bonds is 4. The molecule has 0 aromatic heterocycles. The molecular weight excluding hydrogens is 406 g/mol. The Bertz CT molecular complexity index is 386. The Labute approximate surface area is 119 Å². The molecule has 0 saturated heterocycles. The summed E-state index contributed by atoms with van der Waals surface area (Å²) in [6.07, 6.45) is 0. The highest BCUT2D eigenvalue weighted by molar-refractivity contribution is 9.11. The Kier molecular flexibility index (Phi) is 5.27. The maximum atomic E-state index is 10.7. The van der Waals surface area contributed by atoms with Crippen molar-refractivity contribution in [1.29, 1.82) is 0 Å². The Hall–Kier alpha value is -0.0700. The van der Waals surface area contributed by atoms with Gasteiger partial charge in [-0.2, -0.15) is 0 Å². The molecule has 0 aliphatic rings. The standard InChI is InChI=1S/C10H10Br3NO2/c1-5(10(15)16)4-14-9-7(12)2-6(11)3-8(9)13/h2-3,5,14H,4H2,1H3,(H,15,16). The molecule has 1 aromatic rings. The van der Waals surface area contributed by atoms with E-state index < -0.39 is 11.9 Å². The molecule has 0 aliphatic carbocycles. The van der Waals surface area contributed by atoms with Crippen LogP contribution in [0.3, 0.4) is 0 Å². The molecule has 0 radical (unpaired) electrons. The van der Waals surface area contributed by atoms with Crippen molar-refractivity contribution in [2.24, 2.45) is 5.92 Å². The van der Waals surface area contributed by atoms with Crippen LogP contribution in [-0.4, -0.2) is 17.6 Å². The van der Waals surface area contributed by atoms with Gasteiger partial charge in [0, 0.05) is 20.0 Å². The van der Waals surface area contributed by atoms with Crippen LogP contribution >= 0.6 is 47.8 Å². The largest absolute Gasteiger partial charge is 0.481 e. The second-order valence-electron chi connectivity index (χ2n) is 3.36. The topological polar surface area (TPSA) is 49.3 Å². The van der Waals surface area contributed by atoms with Crippen LogP contribution in [0.15, 0.2) is 25.6 Å².